The smallest absolute Gasteiger partial charge is 0.275 e. The van der Waals surface area contributed by atoms with Crippen molar-refractivity contribution in [1.29, 1.82) is 0 Å². The summed E-state index contributed by atoms with van der Waals surface area (Å²) < 4.78 is 5.14. The van der Waals surface area contributed by atoms with Crippen molar-refractivity contribution in [2.45, 2.75) is 51.6 Å². The molecule has 1 amide bonds. The van der Waals surface area contributed by atoms with E-state index in [1.807, 2.05) is 26.0 Å². The number of hydrogen-bond donors (Lipinski definition) is 0. The van der Waals surface area contributed by atoms with Crippen LogP contribution < -0.4 is 4.74 Å². The lowest BCUT2D eigenvalue weighted by Crippen LogP contribution is -2.49. The van der Waals surface area contributed by atoms with Crippen LogP contribution in [0, 0.1) is 0 Å². The van der Waals surface area contributed by atoms with Gasteiger partial charge in [-0.1, -0.05) is 20.3 Å². The van der Waals surface area contributed by atoms with Gasteiger partial charge in [0.25, 0.3) is 5.91 Å². The van der Waals surface area contributed by atoms with Gasteiger partial charge in [-0.05, 0) is 61.5 Å². The summed E-state index contributed by atoms with van der Waals surface area (Å²) in [5.41, 5.74) is 0.549. The molecule has 0 atom stereocenters. The van der Waals surface area contributed by atoms with Crippen molar-refractivity contribution in [2.75, 3.05) is 13.7 Å². The van der Waals surface area contributed by atoms with Crippen LogP contribution in [0.5, 0.6) is 5.75 Å². The van der Waals surface area contributed by atoms with Gasteiger partial charge in [-0.2, -0.15) is 0 Å². The van der Waals surface area contributed by atoms with Gasteiger partial charge >= 0.3 is 0 Å². The maximum atomic E-state index is 12.8. The Bertz CT molecular complexity index is 649. The Morgan fingerprint density at radius 3 is 2.32 bits per heavy atom. The van der Waals surface area contributed by atoms with Gasteiger partial charge in [0, 0.05) is 5.56 Å². The number of ether oxygens (including phenoxy) is 1. The number of aliphatic imine (C=N–C) groups is 1. The molecule has 6 heteroatoms. The van der Waals surface area contributed by atoms with E-state index in [0.29, 0.717) is 5.71 Å². The lowest BCUT2D eigenvalue weighted by atomic mass is 9.88. The molecule has 3 rings (SSSR count). The molecule has 0 aromatic heterocycles. The number of methoxy groups -OCH3 is 1. The number of carbonyl (C=O) groups excluding carboxylic acids is 2. The molecule has 1 saturated carbocycles. The predicted molar refractivity (Wildman–Crippen MR) is 99.3 cm³/mol. The highest BCUT2D eigenvalue weighted by molar-refractivity contribution is 6.64. The molecule has 25 heavy (non-hydrogen) atoms. The minimum atomic E-state index is -0.602. The molecule has 0 saturated heterocycles. The minimum absolute atomic E-state index is 0.0937. The highest BCUT2D eigenvalue weighted by Crippen LogP contribution is 2.39. The zero-order valence-electron chi connectivity index (χ0n) is 15.0. The van der Waals surface area contributed by atoms with E-state index in [4.69, 9.17) is 21.3 Å². The van der Waals surface area contributed by atoms with Crippen molar-refractivity contribution in [1.82, 2.24) is 4.90 Å². The summed E-state index contributed by atoms with van der Waals surface area (Å²) in [6.45, 7) is 3.91. The van der Waals surface area contributed by atoms with Gasteiger partial charge in [0.1, 0.15) is 17.1 Å². The molecule has 1 aliphatic carbocycles. The molecule has 5 nitrogen and oxygen atoms in total. The summed E-state index contributed by atoms with van der Waals surface area (Å²) in [6.07, 6.45) is 4.69. The van der Waals surface area contributed by atoms with E-state index in [2.05, 4.69) is 0 Å². The zero-order chi connectivity index (χ0) is 18.4. The Morgan fingerprint density at radius 2 is 1.80 bits per heavy atom. The molecule has 1 spiro atoms. The molecule has 1 fully saturated rings. The van der Waals surface area contributed by atoms with Crippen LogP contribution in [0.25, 0.3) is 0 Å². The number of benzene rings is 1. The van der Waals surface area contributed by atoms with Gasteiger partial charge in [0.15, 0.2) is 0 Å². The molecule has 1 aromatic carbocycles. The van der Waals surface area contributed by atoms with Crippen LogP contribution >= 0.6 is 11.6 Å². The van der Waals surface area contributed by atoms with Gasteiger partial charge in [-0.3, -0.25) is 14.6 Å². The van der Waals surface area contributed by atoms with E-state index in [0.717, 1.165) is 43.4 Å². The number of hydrogen-bond acceptors (Lipinski definition) is 4. The van der Waals surface area contributed by atoms with Crippen LogP contribution in [0.3, 0.4) is 0 Å². The van der Waals surface area contributed by atoms with Gasteiger partial charge in [0.2, 0.25) is 5.24 Å². The van der Waals surface area contributed by atoms with Crippen LogP contribution in [0.1, 0.15) is 51.5 Å². The topological polar surface area (TPSA) is 59.0 Å². The fraction of sp³-hybridized carbons (Fsp3) is 0.526. The quantitative estimate of drug-likeness (QED) is 0.764. The molecule has 0 N–H and O–H groups in total. The Balaban J connectivity index is 0.00000109. The SMILES string of the molecule is CC.COc1ccc(C2=NC3(CCCCC3)N(CC(=O)Cl)C2=O)cc1. The van der Waals surface area contributed by atoms with Crippen LogP contribution in [-0.2, 0) is 9.59 Å². The minimum Gasteiger partial charge on any atom is -0.497 e. The Kier molecular flexibility index (Phi) is 6.59. The second kappa shape index (κ2) is 8.48. The largest absolute Gasteiger partial charge is 0.497 e. The van der Waals surface area contributed by atoms with Crippen molar-refractivity contribution in [3.05, 3.63) is 29.8 Å². The third kappa shape index (κ3) is 4.03. The molecule has 1 heterocycles. The first-order valence-corrected chi connectivity index (χ1v) is 9.18. The molecular formula is C19H25ClN2O3. The number of nitrogens with zero attached hydrogens (tertiary/aromatic N) is 2. The number of carbonyl (C=O) groups is 2. The van der Waals surface area contributed by atoms with Crippen molar-refractivity contribution in [2.24, 2.45) is 4.99 Å². The summed E-state index contributed by atoms with van der Waals surface area (Å²) in [4.78, 5) is 30.5. The molecule has 1 aromatic rings. The van der Waals surface area contributed by atoms with Crippen LogP contribution in [-0.4, -0.2) is 41.1 Å². The van der Waals surface area contributed by atoms with E-state index < -0.39 is 10.9 Å². The van der Waals surface area contributed by atoms with Crippen LogP contribution in [0.2, 0.25) is 0 Å². The van der Waals surface area contributed by atoms with Gasteiger partial charge in [0.05, 0.1) is 13.7 Å². The first-order chi connectivity index (χ1) is 12.1. The van der Waals surface area contributed by atoms with Crippen LogP contribution in [0.4, 0.5) is 0 Å². The number of rotatable bonds is 4. The maximum Gasteiger partial charge on any atom is 0.275 e. The third-order valence-corrected chi connectivity index (χ3v) is 4.69. The van der Waals surface area contributed by atoms with E-state index in [9.17, 15) is 9.59 Å². The fourth-order valence-corrected chi connectivity index (χ4v) is 3.53. The highest BCUT2D eigenvalue weighted by Gasteiger charge is 2.48. The van der Waals surface area contributed by atoms with Crippen molar-refractivity contribution in [3.8, 4) is 5.75 Å². The predicted octanol–water partition coefficient (Wildman–Crippen LogP) is 3.78. The second-order valence-corrected chi connectivity index (χ2v) is 6.40. The average molecular weight is 365 g/mol. The van der Waals surface area contributed by atoms with Gasteiger partial charge in [-0.15, -0.1) is 0 Å². The fourth-order valence-electron chi connectivity index (χ4n) is 3.41. The maximum absolute atomic E-state index is 12.8. The lowest BCUT2D eigenvalue weighted by Gasteiger charge is -2.38. The normalized spacial score (nSPS) is 18.5. The summed E-state index contributed by atoms with van der Waals surface area (Å²) in [5.74, 6) is 0.506. The summed E-state index contributed by atoms with van der Waals surface area (Å²) in [7, 11) is 1.60. The first-order valence-electron chi connectivity index (χ1n) is 8.80. The summed E-state index contributed by atoms with van der Waals surface area (Å²) >= 11 is 5.56. The van der Waals surface area contributed by atoms with E-state index in [1.54, 1.807) is 24.1 Å². The Hall–Kier alpha value is -1.88. The third-order valence-electron chi connectivity index (χ3n) is 4.57. The standard InChI is InChI=1S/C17H19ClN2O3.C2H6/c1-23-13-7-5-12(6-8-13)15-16(22)20(11-14(18)21)17(19-15)9-3-2-4-10-17;1-2/h5-8H,2-4,9-11H2,1H3;1-2H3. The monoisotopic (exact) mass is 364 g/mol. The first kappa shape index (κ1) is 19.4. The van der Waals surface area contributed by atoms with Gasteiger partial charge < -0.3 is 9.64 Å². The highest BCUT2D eigenvalue weighted by atomic mass is 35.5. The molecule has 2 aliphatic rings. The van der Waals surface area contributed by atoms with Crippen molar-refractivity contribution in [3.63, 3.8) is 0 Å². The lowest BCUT2D eigenvalue weighted by molar-refractivity contribution is -0.132. The van der Waals surface area contributed by atoms with E-state index in [-0.39, 0.29) is 12.5 Å². The average Bonchev–Trinajstić information content (AvgIpc) is 2.90. The molecular weight excluding hydrogens is 340 g/mol. The summed E-state index contributed by atoms with van der Waals surface area (Å²) in [6, 6.07) is 7.23. The molecule has 0 radical (unpaired) electrons. The number of amides is 1. The van der Waals surface area contributed by atoms with Crippen molar-refractivity contribution < 1.29 is 14.3 Å². The Morgan fingerprint density at radius 1 is 1.20 bits per heavy atom. The van der Waals surface area contributed by atoms with Gasteiger partial charge in [-0.25, -0.2) is 0 Å². The molecule has 136 valence electrons. The second-order valence-electron chi connectivity index (χ2n) is 5.98. The van der Waals surface area contributed by atoms with E-state index in [1.165, 1.54) is 0 Å². The van der Waals surface area contributed by atoms with E-state index >= 15 is 0 Å². The van der Waals surface area contributed by atoms with Crippen LogP contribution in [0.15, 0.2) is 29.3 Å². The molecule has 0 bridgehead atoms. The Labute approximate surface area is 154 Å². The summed E-state index contributed by atoms with van der Waals surface area (Å²) in [5, 5.41) is -0.533. The number of halogens is 1. The molecule has 1 aliphatic heterocycles. The van der Waals surface area contributed by atoms with Crippen molar-refractivity contribution >= 4 is 28.5 Å². The zero-order valence-corrected chi connectivity index (χ0v) is 15.8. The molecule has 0 unspecified atom stereocenters.